The Morgan fingerprint density at radius 3 is 2.20 bits per heavy atom. The quantitative estimate of drug-likeness (QED) is 0.768. The average Bonchev–Trinajstić information content (AvgIpc) is 2.40. The van der Waals surface area contributed by atoms with Crippen LogP contribution in [0.4, 0.5) is 5.00 Å². The number of amides is 2. The first-order chi connectivity index (χ1) is 6.86. The lowest BCUT2D eigenvalue weighted by molar-refractivity contribution is 0.0831. The van der Waals surface area contributed by atoms with E-state index in [-0.39, 0.29) is 11.5 Å². The molecule has 0 aliphatic carbocycles. The summed E-state index contributed by atoms with van der Waals surface area (Å²) in [6, 6.07) is 0. The number of primary amides is 1. The maximum atomic E-state index is 11.7. The van der Waals surface area contributed by atoms with E-state index >= 15 is 0 Å². The van der Waals surface area contributed by atoms with Crippen molar-refractivity contribution in [3.8, 4) is 0 Å². The molecule has 5 nitrogen and oxygen atoms in total. The second-order valence-electron chi connectivity index (χ2n) is 3.36. The fraction of sp³-hybridized carbons (Fsp3) is 0.333. The molecule has 0 saturated carbocycles. The van der Waals surface area contributed by atoms with Crippen molar-refractivity contribution in [2.24, 2.45) is 5.73 Å². The van der Waals surface area contributed by atoms with E-state index in [1.807, 2.05) is 0 Å². The van der Waals surface area contributed by atoms with Crippen molar-refractivity contribution in [3.63, 3.8) is 0 Å². The lowest BCUT2D eigenvalue weighted by atomic mass is 10.1. The van der Waals surface area contributed by atoms with Gasteiger partial charge >= 0.3 is 0 Å². The third-order valence-electron chi connectivity index (χ3n) is 2.02. The maximum Gasteiger partial charge on any atom is 0.263 e. The molecule has 0 saturated heterocycles. The van der Waals surface area contributed by atoms with E-state index < -0.39 is 5.91 Å². The van der Waals surface area contributed by atoms with Gasteiger partial charge in [0, 0.05) is 14.1 Å². The molecule has 0 spiro atoms. The predicted octanol–water partition coefficient (Wildman–Crippen LogP) is 0.439. The first-order valence-corrected chi connectivity index (χ1v) is 5.08. The Morgan fingerprint density at radius 2 is 1.87 bits per heavy atom. The Kier molecular flexibility index (Phi) is 2.99. The number of carbonyl (C=O) groups excluding carboxylic acids is 2. The summed E-state index contributed by atoms with van der Waals surface area (Å²) in [6.45, 7) is 1.67. The molecular formula is C9H13N3O2S. The number of nitrogens with zero attached hydrogens (tertiary/aromatic N) is 1. The first kappa shape index (κ1) is 11.5. The Morgan fingerprint density at radius 1 is 1.33 bits per heavy atom. The van der Waals surface area contributed by atoms with Crippen LogP contribution in [0.15, 0.2) is 0 Å². The number of thiophene rings is 1. The van der Waals surface area contributed by atoms with E-state index in [0.29, 0.717) is 15.4 Å². The van der Waals surface area contributed by atoms with Crippen molar-refractivity contribution in [1.82, 2.24) is 4.90 Å². The fourth-order valence-electron chi connectivity index (χ4n) is 1.25. The van der Waals surface area contributed by atoms with Crippen LogP contribution in [0.1, 0.15) is 25.6 Å². The van der Waals surface area contributed by atoms with Gasteiger partial charge in [0.05, 0.1) is 15.4 Å². The van der Waals surface area contributed by atoms with Gasteiger partial charge in [0.2, 0.25) is 0 Å². The molecule has 82 valence electrons. The summed E-state index contributed by atoms with van der Waals surface area (Å²) in [5.74, 6) is -0.768. The van der Waals surface area contributed by atoms with Gasteiger partial charge in [-0.2, -0.15) is 0 Å². The fourth-order valence-corrected chi connectivity index (χ4v) is 2.35. The lowest BCUT2D eigenvalue weighted by Crippen LogP contribution is -2.21. The molecule has 1 aromatic rings. The lowest BCUT2D eigenvalue weighted by Gasteiger charge is -2.08. The highest BCUT2D eigenvalue weighted by molar-refractivity contribution is 7.18. The Bertz CT molecular complexity index is 423. The molecule has 1 aromatic heterocycles. The highest BCUT2D eigenvalue weighted by Gasteiger charge is 2.22. The largest absolute Gasteiger partial charge is 0.390 e. The van der Waals surface area contributed by atoms with Crippen molar-refractivity contribution in [2.75, 3.05) is 19.8 Å². The molecule has 0 aromatic carbocycles. The number of nitrogen functional groups attached to an aromatic ring is 1. The van der Waals surface area contributed by atoms with Crippen molar-refractivity contribution in [1.29, 1.82) is 0 Å². The summed E-state index contributed by atoms with van der Waals surface area (Å²) in [6.07, 6.45) is 0. The summed E-state index contributed by atoms with van der Waals surface area (Å²) >= 11 is 1.09. The van der Waals surface area contributed by atoms with Crippen molar-refractivity contribution >= 4 is 28.2 Å². The van der Waals surface area contributed by atoms with Crippen LogP contribution < -0.4 is 11.5 Å². The van der Waals surface area contributed by atoms with Crippen LogP contribution >= 0.6 is 11.3 Å². The zero-order valence-electron chi connectivity index (χ0n) is 8.83. The molecule has 0 atom stereocenters. The molecule has 0 bridgehead atoms. The highest BCUT2D eigenvalue weighted by atomic mass is 32.1. The Balaban J connectivity index is 3.30. The third kappa shape index (κ3) is 1.94. The van der Waals surface area contributed by atoms with Gasteiger partial charge in [-0.3, -0.25) is 9.59 Å². The number of carbonyl (C=O) groups is 2. The van der Waals surface area contributed by atoms with Crippen LogP contribution in [0, 0.1) is 6.92 Å². The Labute approximate surface area is 91.7 Å². The van der Waals surface area contributed by atoms with Crippen LogP contribution in [0.5, 0.6) is 0 Å². The van der Waals surface area contributed by atoms with Crippen LogP contribution in [-0.2, 0) is 0 Å². The van der Waals surface area contributed by atoms with Crippen LogP contribution in [-0.4, -0.2) is 30.8 Å². The summed E-state index contributed by atoms with van der Waals surface area (Å²) in [5, 5.41) is 0.296. The number of hydrogen-bond donors (Lipinski definition) is 2. The molecule has 1 heterocycles. The van der Waals surface area contributed by atoms with Gasteiger partial charge in [-0.25, -0.2) is 0 Å². The van der Waals surface area contributed by atoms with Crippen LogP contribution in [0.3, 0.4) is 0 Å². The topological polar surface area (TPSA) is 89.4 Å². The molecule has 6 heteroatoms. The smallest absolute Gasteiger partial charge is 0.263 e. The molecule has 0 aliphatic heterocycles. The van der Waals surface area contributed by atoms with E-state index in [9.17, 15) is 9.59 Å². The molecule has 15 heavy (non-hydrogen) atoms. The Hall–Kier alpha value is -1.56. The van der Waals surface area contributed by atoms with Crippen molar-refractivity contribution in [3.05, 3.63) is 16.0 Å². The minimum absolute atomic E-state index is 0.170. The van der Waals surface area contributed by atoms with Crippen LogP contribution in [0.2, 0.25) is 0 Å². The molecular weight excluding hydrogens is 214 g/mol. The van der Waals surface area contributed by atoms with Crippen LogP contribution in [0.25, 0.3) is 0 Å². The summed E-state index contributed by atoms with van der Waals surface area (Å²) in [7, 11) is 3.28. The highest BCUT2D eigenvalue weighted by Crippen LogP contribution is 2.30. The summed E-state index contributed by atoms with van der Waals surface area (Å²) in [4.78, 5) is 24.7. The van der Waals surface area contributed by atoms with Gasteiger partial charge < -0.3 is 16.4 Å². The zero-order chi connectivity index (χ0) is 11.7. The SMILES string of the molecule is Cc1c(C(=O)N(C)C)sc(N)c1C(N)=O. The number of anilines is 1. The number of hydrogen-bond acceptors (Lipinski definition) is 4. The number of rotatable bonds is 2. The van der Waals surface area contributed by atoms with E-state index in [2.05, 4.69) is 0 Å². The van der Waals surface area contributed by atoms with Gasteiger partial charge in [0.25, 0.3) is 11.8 Å². The van der Waals surface area contributed by atoms with Gasteiger partial charge in [-0.05, 0) is 12.5 Å². The van der Waals surface area contributed by atoms with E-state index in [4.69, 9.17) is 11.5 Å². The number of nitrogens with two attached hydrogens (primary N) is 2. The van der Waals surface area contributed by atoms with E-state index in [0.717, 1.165) is 11.3 Å². The minimum atomic E-state index is -0.598. The monoisotopic (exact) mass is 227 g/mol. The van der Waals surface area contributed by atoms with E-state index in [1.165, 1.54) is 4.90 Å². The molecule has 2 amide bonds. The van der Waals surface area contributed by atoms with Gasteiger partial charge in [0.1, 0.15) is 0 Å². The van der Waals surface area contributed by atoms with Crippen molar-refractivity contribution < 1.29 is 9.59 Å². The van der Waals surface area contributed by atoms with E-state index in [1.54, 1.807) is 21.0 Å². The van der Waals surface area contributed by atoms with Gasteiger partial charge in [-0.15, -0.1) is 11.3 Å². The molecule has 1 rings (SSSR count). The van der Waals surface area contributed by atoms with Crippen molar-refractivity contribution in [2.45, 2.75) is 6.92 Å². The minimum Gasteiger partial charge on any atom is -0.390 e. The summed E-state index contributed by atoms with van der Waals surface area (Å²) in [5.41, 5.74) is 11.6. The predicted molar refractivity (Wildman–Crippen MR) is 60.0 cm³/mol. The standard InChI is InChI=1S/C9H13N3O2S/c1-4-5(7(10)13)8(11)15-6(4)9(14)12(2)3/h11H2,1-3H3,(H2,10,13). The van der Waals surface area contributed by atoms with Gasteiger partial charge in [-0.1, -0.05) is 0 Å². The molecule has 0 fully saturated rings. The maximum absolute atomic E-state index is 11.7. The summed E-state index contributed by atoms with van der Waals surface area (Å²) < 4.78 is 0. The third-order valence-corrected chi connectivity index (χ3v) is 3.13. The molecule has 4 N–H and O–H groups in total. The second kappa shape index (κ2) is 3.90. The first-order valence-electron chi connectivity index (χ1n) is 4.26. The molecule has 0 radical (unpaired) electrons. The zero-order valence-corrected chi connectivity index (χ0v) is 9.64. The normalized spacial score (nSPS) is 10.1. The average molecular weight is 227 g/mol. The molecule has 0 aliphatic rings. The van der Waals surface area contributed by atoms with Gasteiger partial charge in [0.15, 0.2) is 0 Å². The molecule has 0 unspecified atom stereocenters. The second-order valence-corrected chi connectivity index (χ2v) is 4.41.